The van der Waals surface area contributed by atoms with E-state index in [1.54, 1.807) is 0 Å². The Labute approximate surface area is 134 Å². The molecule has 1 N–H and O–H groups in total. The Kier molecular flexibility index (Phi) is 4.10. The van der Waals surface area contributed by atoms with Gasteiger partial charge in [-0.05, 0) is 56.7 Å². The first-order valence-electron chi connectivity index (χ1n) is 7.70. The summed E-state index contributed by atoms with van der Waals surface area (Å²) < 4.78 is 5.68. The fraction of sp³-hybridized carbons (Fsp3) is 0.588. The maximum absolute atomic E-state index is 12.0. The molecule has 1 saturated heterocycles. The number of fused-ring (bicyclic) bond motifs is 1. The van der Waals surface area contributed by atoms with Crippen molar-refractivity contribution in [1.29, 1.82) is 0 Å². The van der Waals surface area contributed by atoms with Crippen LogP contribution in [0.4, 0.5) is 5.69 Å². The standard InChI is InChI=1S/C17H22BrNO2/c1-17(2)13-10-11(5-8-15(13)19-16(17)20)14(18)7-6-12-4-3-9-21-12/h5,8,10,12,14H,3-4,6-7,9H2,1-2H3,(H,19,20). The number of alkyl halides is 1. The van der Waals surface area contributed by atoms with E-state index >= 15 is 0 Å². The third-order valence-corrected chi connectivity index (χ3v) is 5.65. The van der Waals surface area contributed by atoms with Gasteiger partial charge in [-0.1, -0.05) is 28.1 Å². The number of ether oxygens (including phenoxy) is 1. The maximum Gasteiger partial charge on any atom is 0.234 e. The minimum absolute atomic E-state index is 0.0835. The molecule has 4 heteroatoms. The summed E-state index contributed by atoms with van der Waals surface area (Å²) in [6, 6.07) is 6.30. The highest BCUT2D eigenvalue weighted by Gasteiger charge is 2.38. The van der Waals surface area contributed by atoms with Crippen molar-refractivity contribution in [3.8, 4) is 0 Å². The van der Waals surface area contributed by atoms with Crippen LogP contribution in [0.2, 0.25) is 0 Å². The minimum Gasteiger partial charge on any atom is -0.378 e. The van der Waals surface area contributed by atoms with Crippen LogP contribution >= 0.6 is 15.9 Å². The van der Waals surface area contributed by atoms with Gasteiger partial charge < -0.3 is 10.1 Å². The van der Waals surface area contributed by atoms with E-state index in [-0.39, 0.29) is 5.91 Å². The molecular formula is C17H22BrNO2. The molecular weight excluding hydrogens is 330 g/mol. The molecule has 1 amide bonds. The Morgan fingerprint density at radius 3 is 3.00 bits per heavy atom. The molecule has 3 rings (SSSR count). The lowest BCUT2D eigenvalue weighted by Gasteiger charge is -2.18. The number of anilines is 1. The van der Waals surface area contributed by atoms with Crippen molar-refractivity contribution < 1.29 is 9.53 Å². The zero-order valence-corrected chi connectivity index (χ0v) is 14.2. The topological polar surface area (TPSA) is 38.3 Å². The molecule has 2 aliphatic heterocycles. The van der Waals surface area contributed by atoms with Gasteiger partial charge in [-0.3, -0.25) is 4.79 Å². The molecule has 2 heterocycles. The molecule has 0 spiro atoms. The molecule has 1 fully saturated rings. The number of nitrogens with one attached hydrogen (secondary N) is 1. The molecule has 0 radical (unpaired) electrons. The van der Waals surface area contributed by atoms with Gasteiger partial charge in [0.25, 0.3) is 0 Å². The van der Waals surface area contributed by atoms with Crippen LogP contribution in [0.15, 0.2) is 18.2 Å². The highest BCUT2D eigenvalue weighted by Crippen LogP contribution is 2.40. The molecule has 0 aliphatic carbocycles. The number of rotatable bonds is 4. The summed E-state index contributed by atoms with van der Waals surface area (Å²) >= 11 is 3.79. The van der Waals surface area contributed by atoms with Crippen LogP contribution in [-0.2, 0) is 14.9 Å². The first-order chi connectivity index (χ1) is 9.98. The SMILES string of the molecule is CC1(C)C(=O)Nc2ccc(C(Br)CCC3CCCO3)cc21. The van der Waals surface area contributed by atoms with Gasteiger partial charge in [0.05, 0.1) is 11.5 Å². The zero-order valence-electron chi connectivity index (χ0n) is 12.6. The molecule has 21 heavy (non-hydrogen) atoms. The average Bonchev–Trinajstić information content (AvgIpc) is 3.04. The monoisotopic (exact) mass is 351 g/mol. The van der Waals surface area contributed by atoms with E-state index in [1.807, 2.05) is 19.9 Å². The zero-order chi connectivity index (χ0) is 15.0. The van der Waals surface area contributed by atoms with Gasteiger partial charge in [0.15, 0.2) is 0 Å². The van der Waals surface area contributed by atoms with Crippen LogP contribution in [0.3, 0.4) is 0 Å². The Balaban J connectivity index is 1.71. The Hall–Kier alpha value is -0.870. The number of hydrogen-bond donors (Lipinski definition) is 1. The second-order valence-electron chi connectivity index (χ2n) is 6.56. The molecule has 0 bridgehead atoms. The van der Waals surface area contributed by atoms with E-state index in [4.69, 9.17) is 4.74 Å². The highest BCUT2D eigenvalue weighted by atomic mass is 79.9. The van der Waals surface area contributed by atoms with E-state index in [0.717, 1.165) is 30.7 Å². The number of hydrogen-bond acceptors (Lipinski definition) is 2. The summed E-state index contributed by atoms with van der Waals surface area (Å²) in [5, 5.41) is 2.96. The van der Waals surface area contributed by atoms with Crippen LogP contribution in [-0.4, -0.2) is 18.6 Å². The summed E-state index contributed by atoms with van der Waals surface area (Å²) in [6.07, 6.45) is 4.96. The molecule has 2 aliphatic rings. The first-order valence-corrected chi connectivity index (χ1v) is 8.61. The largest absolute Gasteiger partial charge is 0.378 e. The minimum atomic E-state index is -0.438. The lowest BCUT2D eigenvalue weighted by Crippen LogP contribution is -2.26. The predicted molar refractivity (Wildman–Crippen MR) is 88.0 cm³/mol. The van der Waals surface area contributed by atoms with Crippen molar-refractivity contribution in [1.82, 2.24) is 0 Å². The van der Waals surface area contributed by atoms with E-state index < -0.39 is 5.41 Å². The lowest BCUT2D eigenvalue weighted by atomic mass is 9.85. The molecule has 2 unspecified atom stereocenters. The number of carbonyl (C=O) groups is 1. The second-order valence-corrected chi connectivity index (χ2v) is 7.67. The summed E-state index contributed by atoms with van der Waals surface area (Å²) in [6.45, 7) is 4.87. The van der Waals surface area contributed by atoms with Gasteiger partial charge in [0.1, 0.15) is 0 Å². The van der Waals surface area contributed by atoms with Crippen molar-refractivity contribution in [2.45, 2.75) is 55.9 Å². The average molecular weight is 352 g/mol. The van der Waals surface area contributed by atoms with Crippen LogP contribution < -0.4 is 5.32 Å². The fourth-order valence-corrected chi connectivity index (χ4v) is 3.70. The van der Waals surface area contributed by atoms with Crippen molar-refractivity contribution in [3.05, 3.63) is 29.3 Å². The van der Waals surface area contributed by atoms with E-state index in [0.29, 0.717) is 10.9 Å². The van der Waals surface area contributed by atoms with E-state index in [9.17, 15) is 4.79 Å². The van der Waals surface area contributed by atoms with Crippen molar-refractivity contribution >= 4 is 27.5 Å². The number of carbonyl (C=O) groups excluding carboxylic acids is 1. The fourth-order valence-electron chi connectivity index (χ4n) is 3.15. The molecule has 114 valence electrons. The van der Waals surface area contributed by atoms with Crippen LogP contribution in [0.1, 0.15) is 55.5 Å². The lowest BCUT2D eigenvalue weighted by molar-refractivity contribution is -0.119. The quantitative estimate of drug-likeness (QED) is 0.820. The van der Waals surface area contributed by atoms with Crippen LogP contribution in [0.5, 0.6) is 0 Å². The van der Waals surface area contributed by atoms with Gasteiger partial charge >= 0.3 is 0 Å². The third kappa shape index (κ3) is 2.88. The Morgan fingerprint density at radius 1 is 1.48 bits per heavy atom. The summed E-state index contributed by atoms with van der Waals surface area (Å²) in [5.74, 6) is 0.0835. The molecule has 3 nitrogen and oxygen atoms in total. The van der Waals surface area contributed by atoms with Crippen molar-refractivity contribution in [2.24, 2.45) is 0 Å². The summed E-state index contributed by atoms with van der Waals surface area (Å²) in [7, 11) is 0. The predicted octanol–water partition coefficient (Wildman–Crippen LogP) is 4.31. The van der Waals surface area contributed by atoms with Crippen LogP contribution in [0, 0.1) is 0 Å². The highest BCUT2D eigenvalue weighted by molar-refractivity contribution is 9.09. The maximum atomic E-state index is 12.0. The summed E-state index contributed by atoms with van der Waals surface area (Å²) in [5.41, 5.74) is 2.86. The summed E-state index contributed by atoms with van der Waals surface area (Å²) in [4.78, 5) is 12.3. The molecule has 1 aromatic carbocycles. The van der Waals surface area contributed by atoms with Gasteiger partial charge in [-0.2, -0.15) is 0 Å². The second kappa shape index (κ2) is 5.73. The normalized spacial score (nSPS) is 24.7. The Morgan fingerprint density at radius 2 is 2.29 bits per heavy atom. The number of halogens is 1. The number of benzene rings is 1. The number of amides is 1. The Bertz CT molecular complexity index is 550. The molecule has 0 aromatic heterocycles. The molecule has 2 atom stereocenters. The van der Waals surface area contributed by atoms with Gasteiger partial charge in [-0.25, -0.2) is 0 Å². The van der Waals surface area contributed by atoms with Crippen molar-refractivity contribution in [2.75, 3.05) is 11.9 Å². The third-order valence-electron chi connectivity index (χ3n) is 4.66. The smallest absolute Gasteiger partial charge is 0.234 e. The van der Waals surface area contributed by atoms with E-state index in [1.165, 1.54) is 18.4 Å². The van der Waals surface area contributed by atoms with Crippen molar-refractivity contribution in [3.63, 3.8) is 0 Å². The van der Waals surface area contributed by atoms with Gasteiger partial charge in [0, 0.05) is 17.1 Å². The molecule has 1 aromatic rings. The van der Waals surface area contributed by atoms with Gasteiger partial charge in [-0.15, -0.1) is 0 Å². The first kappa shape index (κ1) is 15.0. The van der Waals surface area contributed by atoms with Gasteiger partial charge in [0.2, 0.25) is 5.91 Å². The van der Waals surface area contributed by atoms with Crippen LogP contribution in [0.25, 0.3) is 0 Å². The molecule has 0 saturated carbocycles. The van der Waals surface area contributed by atoms with E-state index in [2.05, 4.69) is 33.4 Å².